The van der Waals surface area contributed by atoms with E-state index in [4.69, 9.17) is 16.6 Å². The fourth-order valence-electron chi connectivity index (χ4n) is 3.39. The number of halogens is 1. The van der Waals surface area contributed by atoms with E-state index in [2.05, 4.69) is 4.90 Å². The van der Waals surface area contributed by atoms with Crippen LogP contribution in [0.3, 0.4) is 0 Å². The van der Waals surface area contributed by atoms with Crippen molar-refractivity contribution in [2.24, 2.45) is 0 Å². The number of benzene rings is 2. The molecule has 0 N–H and O–H groups in total. The summed E-state index contributed by atoms with van der Waals surface area (Å²) in [6.07, 6.45) is 0.247. The molecule has 7 nitrogen and oxygen atoms in total. The van der Waals surface area contributed by atoms with E-state index in [0.717, 1.165) is 44.6 Å². The van der Waals surface area contributed by atoms with E-state index >= 15 is 0 Å². The SMILES string of the molecule is Cc1c(Cl)ccc2sc(N3CCN(C(=O)Cc4ccc([N+](=O)[O-])cc4)CC3)nc12. The quantitative estimate of drug-likeness (QED) is 0.460. The summed E-state index contributed by atoms with van der Waals surface area (Å²) < 4.78 is 1.11. The number of hydrogen-bond donors (Lipinski definition) is 0. The van der Waals surface area contributed by atoms with Crippen LogP contribution in [0.1, 0.15) is 11.1 Å². The Bertz CT molecular complexity index is 1080. The van der Waals surface area contributed by atoms with Crippen molar-refractivity contribution in [2.45, 2.75) is 13.3 Å². The van der Waals surface area contributed by atoms with E-state index in [0.29, 0.717) is 13.1 Å². The van der Waals surface area contributed by atoms with Gasteiger partial charge < -0.3 is 9.80 Å². The Morgan fingerprint density at radius 2 is 1.86 bits per heavy atom. The highest BCUT2D eigenvalue weighted by Gasteiger charge is 2.23. The van der Waals surface area contributed by atoms with Gasteiger partial charge in [0, 0.05) is 43.3 Å². The highest BCUT2D eigenvalue weighted by Crippen LogP contribution is 2.33. The van der Waals surface area contributed by atoms with Crippen LogP contribution < -0.4 is 4.90 Å². The smallest absolute Gasteiger partial charge is 0.269 e. The Labute approximate surface area is 176 Å². The lowest BCUT2D eigenvalue weighted by molar-refractivity contribution is -0.384. The summed E-state index contributed by atoms with van der Waals surface area (Å²) in [6.45, 7) is 4.67. The number of non-ortho nitro benzene ring substituents is 1. The number of aromatic nitrogens is 1. The van der Waals surface area contributed by atoms with Gasteiger partial charge in [0.2, 0.25) is 5.91 Å². The lowest BCUT2D eigenvalue weighted by Crippen LogP contribution is -2.49. The molecule has 4 rings (SSSR count). The van der Waals surface area contributed by atoms with Gasteiger partial charge in [-0.25, -0.2) is 4.98 Å². The summed E-state index contributed by atoms with van der Waals surface area (Å²) in [5, 5.41) is 12.4. The standard InChI is InChI=1S/C20H19ClN4O3S/c1-13-16(21)6-7-17-19(13)22-20(29-17)24-10-8-23(9-11-24)18(26)12-14-2-4-15(5-3-14)25(27)28/h2-7H,8-12H2,1H3. The second kappa shape index (κ2) is 7.96. The van der Waals surface area contributed by atoms with Crippen molar-refractivity contribution in [1.29, 1.82) is 0 Å². The molecule has 0 aliphatic carbocycles. The molecule has 2 aromatic carbocycles. The molecule has 3 aromatic rings. The number of carbonyl (C=O) groups is 1. The number of carbonyl (C=O) groups excluding carboxylic acids is 1. The van der Waals surface area contributed by atoms with Gasteiger partial charge >= 0.3 is 0 Å². The molecule has 0 spiro atoms. The van der Waals surface area contributed by atoms with Crippen LogP contribution >= 0.6 is 22.9 Å². The van der Waals surface area contributed by atoms with Crippen LogP contribution in [0.25, 0.3) is 10.2 Å². The summed E-state index contributed by atoms with van der Waals surface area (Å²) in [7, 11) is 0. The molecular weight excluding hydrogens is 412 g/mol. The second-order valence-electron chi connectivity index (χ2n) is 6.98. The monoisotopic (exact) mass is 430 g/mol. The molecule has 1 aliphatic rings. The van der Waals surface area contributed by atoms with Crippen molar-refractivity contribution >= 4 is 49.9 Å². The van der Waals surface area contributed by atoms with Crippen LogP contribution in [-0.2, 0) is 11.2 Å². The zero-order chi connectivity index (χ0) is 20.5. The van der Waals surface area contributed by atoms with Gasteiger partial charge in [-0.05, 0) is 30.2 Å². The number of nitrogens with zero attached hydrogens (tertiary/aromatic N) is 4. The molecule has 1 saturated heterocycles. The molecule has 0 bridgehead atoms. The summed E-state index contributed by atoms with van der Waals surface area (Å²) in [5.74, 6) is 0.0328. The summed E-state index contributed by atoms with van der Waals surface area (Å²) >= 11 is 7.84. The third kappa shape index (κ3) is 4.04. The van der Waals surface area contributed by atoms with Crippen LogP contribution in [0, 0.1) is 17.0 Å². The lowest BCUT2D eigenvalue weighted by atomic mass is 10.1. The van der Waals surface area contributed by atoms with Crippen LogP contribution in [0.5, 0.6) is 0 Å². The van der Waals surface area contributed by atoms with Gasteiger partial charge in [-0.15, -0.1) is 0 Å². The minimum absolute atomic E-state index is 0.0298. The van der Waals surface area contributed by atoms with E-state index in [1.165, 1.54) is 12.1 Å². The minimum atomic E-state index is -0.442. The van der Waals surface area contributed by atoms with Crippen LogP contribution in [0.4, 0.5) is 10.8 Å². The molecule has 0 saturated carbocycles. The number of fused-ring (bicyclic) bond motifs is 1. The Balaban J connectivity index is 1.38. The highest BCUT2D eigenvalue weighted by molar-refractivity contribution is 7.22. The fourth-order valence-corrected chi connectivity index (χ4v) is 4.62. The molecule has 1 fully saturated rings. The molecule has 29 heavy (non-hydrogen) atoms. The molecule has 1 aliphatic heterocycles. The Morgan fingerprint density at radius 1 is 1.17 bits per heavy atom. The summed E-state index contributed by atoms with van der Waals surface area (Å²) in [6, 6.07) is 10.0. The van der Waals surface area contributed by atoms with Gasteiger partial charge in [-0.1, -0.05) is 35.1 Å². The Kier molecular flexibility index (Phi) is 5.38. The number of aryl methyl sites for hydroxylation is 1. The van der Waals surface area contributed by atoms with Gasteiger partial charge in [0.15, 0.2) is 5.13 Å². The lowest BCUT2D eigenvalue weighted by Gasteiger charge is -2.34. The maximum Gasteiger partial charge on any atom is 0.269 e. The third-order valence-corrected chi connectivity index (χ3v) is 6.63. The van der Waals surface area contributed by atoms with Crippen molar-refractivity contribution in [3.63, 3.8) is 0 Å². The van der Waals surface area contributed by atoms with E-state index < -0.39 is 4.92 Å². The topological polar surface area (TPSA) is 79.6 Å². The predicted octanol–water partition coefficient (Wildman–Crippen LogP) is 4.06. The second-order valence-corrected chi connectivity index (χ2v) is 8.40. The van der Waals surface area contributed by atoms with Crippen LogP contribution in [-0.4, -0.2) is 46.9 Å². The van der Waals surface area contributed by atoms with Crippen LogP contribution in [0.15, 0.2) is 36.4 Å². The summed E-state index contributed by atoms with van der Waals surface area (Å²) in [5.41, 5.74) is 2.74. The Hall–Kier alpha value is -2.71. The van der Waals surface area contributed by atoms with Crippen molar-refractivity contribution in [3.05, 3.63) is 62.7 Å². The maximum absolute atomic E-state index is 12.6. The molecule has 0 atom stereocenters. The fraction of sp³-hybridized carbons (Fsp3) is 0.300. The number of piperazine rings is 1. The number of hydrogen-bond acceptors (Lipinski definition) is 6. The third-order valence-electron chi connectivity index (χ3n) is 5.14. The first kappa shape index (κ1) is 19.6. The van der Waals surface area contributed by atoms with Crippen molar-refractivity contribution in [3.8, 4) is 0 Å². The van der Waals surface area contributed by atoms with Gasteiger partial charge in [-0.2, -0.15) is 0 Å². The zero-order valence-electron chi connectivity index (χ0n) is 15.8. The number of nitro groups is 1. The largest absolute Gasteiger partial charge is 0.345 e. The average molecular weight is 431 g/mol. The van der Waals surface area contributed by atoms with Gasteiger partial charge in [0.1, 0.15) is 0 Å². The zero-order valence-corrected chi connectivity index (χ0v) is 17.4. The van der Waals surface area contributed by atoms with Crippen molar-refractivity contribution in [1.82, 2.24) is 9.88 Å². The summed E-state index contributed by atoms with van der Waals surface area (Å²) in [4.78, 5) is 31.7. The number of anilines is 1. The normalized spacial score (nSPS) is 14.4. The number of amides is 1. The average Bonchev–Trinajstić information content (AvgIpc) is 3.16. The first-order valence-electron chi connectivity index (χ1n) is 9.24. The number of rotatable bonds is 4. The molecular formula is C20H19ClN4O3S. The predicted molar refractivity (Wildman–Crippen MR) is 115 cm³/mol. The molecule has 9 heteroatoms. The maximum atomic E-state index is 12.6. The van der Waals surface area contributed by atoms with E-state index in [9.17, 15) is 14.9 Å². The Morgan fingerprint density at radius 3 is 2.52 bits per heavy atom. The van der Waals surface area contributed by atoms with Crippen LogP contribution in [0.2, 0.25) is 5.02 Å². The minimum Gasteiger partial charge on any atom is -0.345 e. The number of nitro benzene ring substituents is 1. The molecule has 0 unspecified atom stereocenters. The first-order valence-corrected chi connectivity index (χ1v) is 10.4. The molecule has 0 radical (unpaired) electrons. The molecule has 2 heterocycles. The molecule has 1 aromatic heterocycles. The van der Waals surface area contributed by atoms with Gasteiger partial charge in [0.05, 0.1) is 21.6 Å². The van der Waals surface area contributed by atoms with E-state index in [1.807, 2.05) is 24.0 Å². The van der Waals surface area contributed by atoms with Gasteiger partial charge in [-0.3, -0.25) is 14.9 Å². The molecule has 150 valence electrons. The molecule has 1 amide bonds. The first-order chi connectivity index (χ1) is 13.9. The van der Waals surface area contributed by atoms with E-state index in [-0.39, 0.29) is 18.0 Å². The van der Waals surface area contributed by atoms with Crippen molar-refractivity contribution < 1.29 is 9.72 Å². The highest BCUT2D eigenvalue weighted by atomic mass is 35.5. The van der Waals surface area contributed by atoms with Gasteiger partial charge in [0.25, 0.3) is 5.69 Å². The van der Waals surface area contributed by atoms with Crippen molar-refractivity contribution in [2.75, 3.05) is 31.1 Å². The number of thiazole rings is 1. The van der Waals surface area contributed by atoms with E-state index in [1.54, 1.807) is 23.5 Å².